The van der Waals surface area contributed by atoms with Crippen LogP contribution in [0.4, 0.5) is 0 Å². The number of hydrogen-bond acceptors (Lipinski definition) is 4. The minimum atomic E-state index is -0.292. The number of benzene rings is 1. The fourth-order valence-corrected chi connectivity index (χ4v) is 1.88. The molecule has 1 unspecified atom stereocenters. The van der Waals surface area contributed by atoms with Crippen LogP contribution in [0.1, 0.15) is 18.2 Å². The van der Waals surface area contributed by atoms with E-state index in [1.54, 1.807) is 13.1 Å². The largest absolute Gasteiger partial charge is 0.419 e. The van der Waals surface area contributed by atoms with Crippen LogP contribution < -0.4 is 0 Å². The first-order valence-corrected chi connectivity index (χ1v) is 6.01. The van der Waals surface area contributed by atoms with Crippen molar-refractivity contribution in [1.29, 1.82) is 0 Å². The van der Waals surface area contributed by atoms with Crippen LogP contribution in [0.5, 0.6) is 0 Å². The van der Waals surface area contributed by atoms with Gasteiger partial charge in [-0.2, -0.15) is 0 Å². The number of aromatic nitrogens is 3. The molecule has 0 bridgehead atoms. The fourth-order valence-electron chi connectivity index (χ4n) is 1.79. The van der Waals surface area contributed by atoms with Crippen LogP contribution in [0.2, 0.25) is 0 Å². The number of pyridine rings is 1. The summed E-state index contributed by atoms with van der Waals surface area (Å²) in [4.78, 5) is 4.29. The van der Waals surface area contributed by atoms with Crippen molar-refractivity contribution in [2.45, 2.75) is 12.3 Å². The average Bonchev–Trinajstić information content (AvgIpc) is 2.87. The summed E-state index contributed by atoms with van der Waals surface area (Å²) in [5, 5.41) is 8.65. The SMILES string of the molecule is CC(Cl)c1nnc(-c2cccc3ncccc23)o1. The molecule has 0 fully saturated rings. The molecule has 3 aromatic rings. The van der Waals surface area contributed by atoms with Crippen LogP contribution in [0.15, 0.2) is 40.9 Å². The average molecular weight is 260 g/mol. The van der Waals surface area contributed by atoms with Gasteiger partial charge in [0.2, 0.25) is 11.8 Å². The predicted octanol–water partition coefficient (Wildman–Crippen LogP) is 3.58. The van der Waals surface area contributed by atoms with Crippen molar-refractivity contribution in [3.8, 4) is 11.5 Å². The Morgan fingerprint density at radius 3 is 2.83 bits per heavy atom. The van der Waals surface area contributed by atoms with E-state index < -0.39 is 0 Å². The molecular weight excluding hydrogens is 250 g/mol. The zero-order valence-corrected chi connectivity index (χ0v) is 10.4. The first-order valence-electron chi connectivity index (χ1n) is 5.57. The zero-order chi connectivity index (χ0) is 12.5. The van der Waals surface area contributed by atoms with Gasteiger partial charge in [-0.25, -0.2) is 0 Å². The van der Waals surface area contributed by atoms with E-state index in [1.165, 1.54) is 0 Å². The first-order chi connectivity index (χ1) is 8.75. The number of hydrogen-bond donors (Lipinski definition) is 0. The molecule has 0 aliphatic carbocycles. The highest BCUT2D eigenvalue weighted by molar-refractivity contribution is 6.20. The molecule has 0 spiro atoms. The van der Waals surface area contributed by atoms with E-state index in [-0.39, 0.29) is 5.38 Å². The van der Waals surface area contributed by atoms with Crippen molar-refractivity contribution in [2.75, 3.05) is 0 Å². The molecule has 90 valence electrons. The number of alkyl halides is 1. The van der Waals surface area contributed by atoms with Crippen LogP contribution in [0.3, 0.4) is 0 Å². The molecule has 2 heterocycles. The molecule has 0 saturated heterocycles. The van der Waals surface area contributed by atoms with E-state index in [0.717, 1.165) is 16.5 Å². The summed E-state index contributed by atoms with van der Waals surface area (Å²) in [5.74, 6) is 0.892. The van der Waals surface area contributed by atoms with E-state index in [2.05, 4.69) is 15.2 Å². The topological polar surface area (TPSA) is 51.8 Å². The molecule has 0 amide bonds. The van der Waals surface area contributed by atoms with Gasteiger partial charge >= 0.3 is 0 Å². The molecule has 18 heavy (non-hydrogen) atoms. The molecule has 5 heteroatoms. The molecule has 1 aromatic carbocycles. The van der Waals surface area contributed by atoms with Gasteiger partial charge in [0.1, 0.15) is 5.38 Å². The second kappa shape index (κ2) is 4.38. The lowest BCUT2D eigenvalue weighted by Gasteiger charge is -2.01. The molecule has 3 rings (SSSR count). The Morgan fingerprint density at radius 1 is 1.17 bits per heavy atom. The smallest absolute Gasteiger partial charge is 0.248 e. The van der Waals surface area contributed by atoms with E-state index >= 15 is 0 Å². The minimum absolute atomic E-state index is 0.292. The van der Waals surface area contributed by atoms with Crippen molar-refractivity contribution >= 4 is 22.5 Å². The highest BCUT2D eigenvalue weighted by Gasteiger charge is 2.14. The maximum Gasteiger partial charge on any atom is 0.248 e. The maximum absolute atomic E-state index is 5.91. The summed E-state index contributed by atoms with van der Waals surface area (Å²) >= 11 is 5.91. The normalized spacial score (nSPS) is 12.8. The van der Waals surface area contributed by atoms with Crippen LogP contribution in [-0.4, -0.2) is 15.2 Å². The lowest BCUT2D eigenvalue weighted by molar-refractivity contribution is 0.507. The van der Waals surface area contributed by atoms with Gasteiger partial charge in [0, 0.05) is 17.1 Å². The second-order valence-corrected chi connectivity index (χ2v) is 4.59. The lowest BCUT2D eigenvalue weighted by atomic mass is 10.1. The molecule has 1 atom stereocenters. The van der Waals surface area contributed by atoms with Gasteiger partial charge in [-0.3, -0.25) is 4.98 Å². The number of halogens is 1. The van der Waals surface area contributed by atoms with E-state index in [9.17, 15) is 0 Å². The third-order valence-corrected chi connectivity index (χ3v) is 2.84. The third-order valence-electron chi connectivity index (χ3n) is 2.66. The number of nitrogens with zero attached hydrogens (tertiary/aromatic N) is 3. The summed E-state index contributed by atoms with van der Waals surface area (Å²) in [6.45, 7) is 1.80. The highest BCUT2D eigenvalue weighted by Crippen LogP contribution is 2.28. The van der Waals surface area contributed by atoms with Crippen molar-refractivity contribution in [3.05, 3.63) is 42.4 Å². The summed E-state index contributed by atoms with van der Waals surface area (Å²) in [6.07, 6.45) is 1.76. The fraction of sp³-hybridized carbons (Fsp3) is 0.154. The van der Waals surface area contributed by atoms with Crippen molar-refractivity contribution in [1.82, 2.24) is 15.2 Å². The molecule has 0 aliphatic heterocycles. The van der Waals surface area contributed by atoms with Crippen LogP contribution >= 0.6 is 11.6 Å². The summed E-state index contributed by atoms with van der Waals surface area (Å²) in [6, 6.07) is 9.65. The Labute approximate surface area is 109 Å². The Balaban J connectivity index is 2.18. The Morgan fingerprint density at radius 2 is 2.06 bits per heavy atom. The van der Waals surface area contributed by atoms with Crippen LogP contribution in [0, 0.1) is 0 Å². The Bertz CT molecular complexity index is 688. The van der Waals surface area contributed by atoms with Crippen LogP contribution in [0.25, 0.3) is 22.4 Å². The lowest BCUT2D eigenvalue weighted by Crippen LogP contribution is -1.83. The molecule has 0 aliphatic rings. The van der Waals surface area contributed by atoms with Gasteiger partial charge in [0.05, 0.1) is 5.52 Å². The summed E-state index contributed by atoms with van der Waals surface area (Å²) in [5.41, 5.74) is 1.77. The predicted molar refractivity (Wildman–Crippen MR) is 69.3 cm³/mol. The number of fused-ring (bicyclic) bond motifs is 1. The Kier molecular flexibility index (Phi) is 2.72. The van der Waals surface area contributed by atoms with E-state index in [4.69, 9.17) is 16.0 Å². The van der Waals surface area contributed by atoms with Crippen LogP contribution in [-0.2, 0) is 0 Å². The van der Waals surface area contributed by atoms with Crippen molar-refractivity contribution < 1.29 is 4.42 Å². The molecule has 4 nitrogen and oxygen atoms in total. The van der Waals surface area contributed by atoms with Crippen molar-refractivity contribution in [2.24, 2.45) is 0 Å². The van der Waals surface area contributed by atoms with Gasteiger partial charge in [-0.05, 0) is 25.1 Å². The highest BCUT2D eigenvalue weighted by atomic mass is 35.5. The molecule has 0 N–H and O–H groups in total. The van der Waals surface area contributed by atoms with E-state index in [1.807, 2.05) is 30.3 Å². The van der Waals surface area contributed by atoms with Gasteiger partial charge in [-0.15, -0.1) is 21.8 Å². The first kappa shape index (κ1) is 11.2. The third kappa shape index (κ3) is 1.84. The van der Waals surface area contributed by atoms with E-state index in [0.29, 0.717) is 11.8 Å². The molecule has 0 saturated carbocycles. The summed E-state index contributed by atoms with van der Waals surface area (Å²) < 4.78 is 5.56. The molecule has 2 aromatic heterocycles. The summed E-state index contributed by atoms with van der Waals surface area (Å²) in [7, 11) is 0. The van der Waals surface area contributed by atoms with Gasteiger partial charge in [0.15, 0.2) is 0 Å². The molecule has 0 radical (unpaired) electrons. The van der Waals surface area contributed by atoms with Gasteiger partial charge in [0.25, 0.3) is 0 Å². The monoisotopic (exact) mass is 259 g/mol. The van der Waals surface area contributed by atoms with Gasteiger partial charge < -0.3 is 4.42 Å². The standard InChI is InChI=1S/C13H10ClN3O/c1-8(14)12-16-17-13(18-12)10-4-2-6-11-9(10)5-3-7-15-11/h2-8H,1H3. The number of rotatable bonds is 2. The molecular formula is C13H10ClN3O. The van der Waals surface area contributed by atoms with Gasteiger partial charge in [-0.1, -0.05) is 12.1 Å². The second-order valence-electron chi connectivity index (χ2n) is 3.94. The zero-order valence-electron chi connectivity index (χ0n) is 9.67. The minimum Gasteiger partial charge on any atom is -0.419 e. The van der Waals surface area contributed by atoms with Crippen molar-refractivity contribution in [3.63, 3.8) is 0 Å². The Hall–Kier alpha value is -1.94. The quantitative estimate of drug-likeness (QED) is 0.660. The maximum atomic E-state index is 5.91.